The molecular formula is C17H18ClN7O2. The van der Waals surface area contributed by atoms with Gasteiger partial charge in [-0.3, -0.25) is 4.79 Å². The van der Waals surface area contributed by atoms with Gasteiger partial charge in [-0.25, -0.2) is 4.98 Å². The average Bonchev–Trinajstić information content (AvgIpc) is 3.11. The summed E-state index contributed by atoms with van der Waals surface area (Å²) >= 11 is 6.14. The molecule has 0 aliphatic heterocycles. The van der Waals surface area contributed by atoms with Crippen molar-refractivity contribution in [3.63, 3.8) is 0 Å². The van der Waals surface area contributed by atoms with Crippen LogP contribution in [0.1, 0.15) is 36.0 Å². The molecule has 1 aromatic carbocycles. The van der Waals surface area contributed by atoms with E-state index in [0.717, 1.165) is 0 Å². The maximum Gasteiger partial charge on any atom is 0.253 e. The number of benzene rings is 1. The van der Waals surface area contributed by atoms with Crippen LogP contribution in [0.5, 0.6) is 0 Å². The number of carbonyl (C=O) groups is 1. The SMILES string of the molecule is CNC(=O)c1ccc(Nc2ncc(-c3nnc(C(C)C)o3)c(N)n2)cc1Cl. The standard InChI is InChI=1S/C17H18ClN7O2/c1-8(2)15-24-25-16(27-15)11-7-21-17(23-13(11)19)22-9-4-5-10(12(18)6-9)14(26)20-3/h4-8H,1-3H3,(H,20,26)(H3,19,21,22,23). The fraction of sp³-hybridized carbons (Fsp3) is 0.235. The largest absolute Gasteiger partial charge is 0.420 e. The van der Waals surface area contributed by atoms with Crippen molar-refractivity contribution in [3.05, 3.63) is 40.9 Å². The molecule has 0 radical (unpaired) electrons. The number of nitrogens with zero attached hydrogens (tertiary/aromatic N) is 4. The van der Waals surface area contributed by atoms with E-state index in [1.165, 1.54) is 13.2 Å². The number of nitrogens with one attached hydrogen (secondary N) is 2. The van der Waals surface area contributed by atoms with Gasteiger partial charge in [-0.1, -0.05) is 25.4 Å². The molecule has 0 saturated heterocycles. The van der Waals surface area contributed by atoms with Crippen molar-refractivity contribution in [1.82, 2.24) is 25.5 Å². The monoisotopic (exact) mass is 387 g/mol. The zero-order valence-electron chi connectivity index (χ0n) is 14.9. The molecule has 0 bridgehead atoms. The average molecular weight is 388 g/mol. The van der Waals surface area contributed by atoms with Gasteiger partial charge in [-0.2, -0.15) is 4.98 Å². The molecule has 140 valence electrons. The lowest BCUT2D eigenvalue weighted by atomic mass is 10.2. The van der Waals surface area contributed by atoms with Crippen LogP contribution in [0.2, 0.25) is 5.02 Å². The van der Waals surface area contributed by atoms with E-state index in [-0.39, 0.29) is 29.5 Å². The highest BCUT2D eigenvalue weighted by Gasteiger charge is 2.16. The van der Waals surface area contributed by atoms with Crippen molar-refractivity contribution < 1.29 is 9.21 Å². The summed E-state index contributed by atoms with van der Waals surface area (Å²) < 4.78 is 5.57. The van der Waals surface area contributed by atoms with E-state index in [1.807, 2.05) is 13.8 Å². The Labute approximate surface area is 160 Å². The van der Waals surface area contributed by atoms with Gasteiger partial charge in [-0.15, -0.1) is 10.2 Å². The topological polar surface area (TPSA) is 132 Å². The number of rotatable bonds is 5. The maximum absolute atomic E-state index is 11.7. The van der Waals surface area contributed by atoms with Gasteiger partial charge in [0.05, 0.1) is 16.1 Å². The molecule has 3 aromatic rings. The van der Waals surface area contributed by atoms with Crippen molar-refractivity contribution in [1.29, 1.82) is 0 Å². The van der Waals surface area contributed by atoms with E-state index in [4.69, 9.17) is 21.8 Å². The number of nitrogen functional groups attached to an aromatic ring is 1. The Bertz CT molecular complexity index is 987. The summed E-state index contributed by atoms with van der Waals surface area (Å²) in [5, 5.41) is 13.8. The van der Waals surface area contributed by atoms with Crippen LogP contribution < -0.4 is 16.4 Å². The molecule has 3 rings (SSSR count). The minimum absolute atomic E-state index is 0.108. The second-order valence-corrected chi connectivity index (χ2v) is 6.40. The van der Waals surface area contributed by atoms with E-state index in [2.05, 4.69) is 30.8 Å². The minimum Gasteiger partial charge on any atom is -0.420 e. The Morgan fingerprint density at radius 1 is 1.30 bits per heavy atom. The summed E-state index contributed by atoms with van der Waals surface area (Å²) in [5.41, 5.74) is 7.44. The second-order valence-electron chi connectivity index (χ2n) is 5.99. The number of aromatic nitrogens is 4. The van der Waals surface area contributed by atoms with Crippen LogP contribution in [0.3, 0.4) is 0 Å². The van der Waals surface area contributed by atoms with Crippen LogP contribution in [-0.2, 0) is 0 Å². The highest BCUT2D eigenvalue weighted by atomic mass is 35.5. The zero-order chi connectivity index (χ0) is 19.6. The van der Waals surface area contributed by atoms with E-state index in [1.54, 1.807) is 18.2 Å². The van der Waals surface area contributed by atoms with Gasteiger partial charge in [0.1, 0.15) is 5.82 Å². The summed E-state index contributed by atoms with van der Waals surface area (Å²) in [6.07, 6.45) is 1.50. The van der Waals surface area contributed by atoms with Crippen molar-refractivity contribution in [3.8, 4) is 11.5 Å². The van der Waals surface area contributed by atoms with Crippen LogP contribution in [0, 0.1) is 0 Å². The lowest BCUT2D eigenvalue weighted by molar-refractivity contribution is 0.0963. The Kier molecular flexibility index (Phi) is 5.22. The van der Waals surface area contributed by atoms with E-state index >= 15 is 0 Å². The predicted molar refractivity (Wildman–Crippen MR) is 102 cm³/mol. The zero-order valence-corrected chi connectivity index (χ0v) is 15.7. The maximum atomic E-state index is 11.7. The number of hydrogen-bond acceptors (Lipinski definition) is 8. The minimum atomic E-state index is -0.267. The highest BCUT2D eigenvalue weighted by molar-refractivity contribution is 6.34. The molecule has 1 amide bonds. The predicted octanol–water partition coefficient (Wildman–Crippen LogP) is 2.99. The van der Waals surface area contributed by atoms with Crippen molar-refractivity contribution in [2.24, 2.45) is 0 Å². The Balaban J connectivity index is 1.81. The van der Waals surface area contributed by atoms with Gasteiger partial charge in [0.25, 0.3) is 11.8 Å². The van der Waals surface area contributed by atoms with Gasteiger partial charge >= 0.3 is 0 Å². The smallest absolute Gasteiger partial charge is 0.253 e. The summed E-state index contributed by atoms with van der Waals surface area (Å²) in [7, 11) is 1.54. The normalized spacial score (nSPS) is 10.9. The molecule has 9 nitrogen and oxygen atoms in total. The van der Waals surface area contributed by atoms with Gasteiger partial charge < -0.3 is 20.8 Å². The number of halogens is 1. The third-order valence-corrected chi connectivity index (χ3v) is 3.99. The third-order valence-electron chi connectivity index (χ3n) is 3.68. The van der Waals surface area contributed by atoms with Crippen molar-refractivity contribution >= 4 is 35.0 Å². The van der Waals surface area contributed by atoms with E-state index in [0.29, 0.717) is 27.7 Å². The first-order chi connectivity index (χ1) is 12.9. The Hall–Kier alpha value is -3.20. The number of anilines is 3. The van der Waals surface area contributed by atoms with Gasteiger partial charge in [0, 0.05) is 24.8 Å². The van der Waals surface area contributed by atoms with E-state index in [9.17, 15) is 4.79 Å². The fourth-order valence-corrected chi connectivity index (χ4v) is 2.50. The molecule has 2 heterocycles. The third kappa shape index (κ3) is 3.98. The molecule has 0 saturated carbocycles. The lowest BCUT2D eigenvalue weighted by Crippen LogP contribution is -2.18. The number of carbonyl (C=O) groups excluding carboxylic acids is 1. The summed E-state index contributed by atoms with van der Waals surface area (Å²) in [5.74, 6) is 1.08. The molecule has 0 spiro atoms. The molecular weight excluding hydrogens is 370 g/mol. The molecule has 0 aliphatic carbocycles. The van der Waals surface area contributed by atoms with Gasteiger partial charge in [-0.05, 0) is 18.2 Å². The summed E-state index contributed by atoms with van der Waals surface area (Å²) in [6.45, 7) is 3.90. The quantitative estimate of drug-likeness (QED) is 0.608. The van der Waals surface area contributed by atoms with Crippen LogP contribution in [-0.4, -0.2) is 33.1 Å². The van der Waals surface area contributed by atoms with Gasteiger partial charge in [0.15, 0.2) is 0 Å². The summed E-state index contributed by atoms with van der Waals surface area (Å²) in [6, 6.07) is 4.90. The Morgan fingerprint density at radius 2 is 2.07 bits per heavy atom. The second kappa shape index (κ2) is 7.58. The van der Waals surface area contributed by atoms with Crippen LogP contribution in [0.15, 0.2) is 28.8 Å². The molecule has 0 fully saturated rings. The molecule has 27 heavy (non-hydrogen) atoms. The lowest BCUT2D eigenvalue weighted by Gasteiger charge is -2.09. The molecule has 0 atom stereocenters. The van der Waals surface area contributed by atoms with Crippen molar-refractivity contribution in [2.45, 2.75) is 19.8 Å². The number of hydrogen-bond donors (Lipinski definition) is 3. The first-order valence-corrected chi connectivity index (χ1v) is 8.51. The molecule has 4 N–H and O–H groups in total. The Morgan fingerprint density at radius 3 is 2.67 bits per heavy atom. The first-order valence-electron chi connectivity index (χ1n) is 8.14. The first kappa shape index (κ1) is 18.6. The molecule has 2 aromatic heterocycles. The van der Waals surface area contributed by atoms with Crippen molar-refractivity contribution in [2.75, 3.05) is 18.1 Å². The molecule has 0 aliphatic rings. The van der Waals surface area contributed by atoms with Crippen LogP contribution in [0.25, 0.3) is 11.5 Å². The molecule has 10 heteroatoms. The highest BCUT2D eigenvalue weighted by Crippen LogP contribution is 2.27. The summed E-state index contributed by atoms with van der Waals surface area (Å²) in [4.78, 5) is 20.1. The number of amides is 1. The number of nitrogens with two attached hydrogens (primary N) is 1. The van der Waals surface area contributed by atoms with Gasteiger partial charge in [0.2, 0.25) is 11.8 Å². The molecule has 0 unspecified atom stereocenters. The van der Waals surface area contributed by atoms with Crippen LogP contribution >= 0.6 is 11.6 Å². The fourth-order valence-electron chi connectivity index (χ4n) is 2.24. The van der Waals surface area contributed by atoms with Crippen LogP contribution in [0.4, 0.5) is 17.5 Å². The van der Waals surface area contributed by atoms with E-state index < -0.39 is 0 Å².